The zero-order chi connectivity index (χ0) is 17.5. The van der Waals surface area contributed by atoms with Gasteiger partial charge in [-0.2, -0.15) is 0 Å². The highest BCUT2D eigenvalue weighted by Crippen LogP contribution is 2.26. The molecule has 0 saturated heterocycles. The molecule has 1 amide bonds. The minimum absolute atomic E-state index is 0.255. The number of hydrogen-bond acceptors (Lipinski definition) is 5. The van der Waals surface area contributed by atoms with Crippen molar-refractivity contribution in [2.75, 3.05) is 12.4 Å². The predicted octanol–water partition coefficient (Wildman–Crippen LogP) is 3.16. The second-order valence-corrected chi connectivity index (χ2v) is 5.26. The smallest absolute Gasteiger partial charge is 0.270 e. The number of anilines is 2. The van der Waals surface area contributed by atoms with Gasteiger partial charge in [-0.05, 0) is 36.4 Å². The quantitative estimate of drug-likeness (QED) is 0.724. The number of nitrogens with zero attached hydrogens (tertiary/aromatic N) is 2. The van der Waals surface area contributed by atoms with Gasteiger partial charge in [0.1, 0.15) is 11.4 Å². The normalized spacial score (nSPS) is 10.1. The molecule has 0 aliphatic heterocycles. The second kappa shape index (κ2) is 7.92. The Morgan fingerprint density at radius 2 is 1.88 bits per heavy atom. The van der Waals surface area contributed by atoms with Gasteiger partial charge < -0.3 is 15.4 Å². The number of para-hydroxylation sites is 2. The van der Waals surface area contributed by atoms with Crippen LogP contribution in [0, 0.1) is 0 Å². The molecule has 25 heavy (non-hydrogen) atoms. The Balaban J connectivity index is 1.69. The van der Waals surface area contributed by atoms with Crippen LogP contribution in [0.4, 0.5) is 11.4 Å². The van der Waals surface area contributed by atoms with Gasteiger partial charge in [-0.1, -0.05) is 18.2 Å². The van der Waals surface area contributed by atoms with Crippen LogP contribution >= 0.6 is 0 Å². The standard InChI is InChI=1S/C19H18N4O2/c1-25-18-8-3-2-7-16(18)23-14-9-11-21-17(12-14)19(24)22-13-15-6-4-5-10-20-15/h2-12H,13H2,1H3,(H,21,23)(H,22,24). The Labute approximate surface area is 145 Å². The molecule has 2 heterocycles. The fourth-order valence-electron chi connectivity index (χ4n) is 2.30. The van der Waals surface area contributed by atoms with Gasteiger partial charge in [-0.3, -0.25) is 14.8 Å². The van der Waals surface area contributed by atoms with Crippen molar-refractivity contribution in [1.82, 2.24) is 15.3 Å². The lowest BCUT2D eigenvalue weighted by molar-refractivity contribution is 0.0945. The average molecular weight is 334 g/mol. The summed E-state index contributed by atoms with van der Waals surface area (Å²) in [5, 5.41) is 6.05. The van der Waals surface area contributed by atoms with Gasteiger partial charge in [-0.15, -0.1) is 0 Å². The molecular formula is C19H18N4O2. The lowest BCUT2D eigenvalue weighted by Gasteiger charge is -2.11. The Hall–Kier alpha value is -3.41. The third kappa shape index (κ3) is 4.32. The minimum atomic E-state index is -0.255. The second-order valence-electron chi connectivity index (χ2n) is 5.26. The summed E-state index contributed by atoms with van der Waals surface area (Å²) in [6, 6.07) is 16.6. The van der Waals surface area contributed by atoms with E-state index in [0.29, 0.717) is 12.2 Å². The maximum absolute atomic E-state index is 12.3. The topological polar surface area (TPSA) is 76.1 Å². The average Bonchev–Trinajstić information content (AvgIpc) is 2.67. The molecule has 6 heteroatoms. The van der Waals surface area contributed by atoms with Crippen molar-refractivity contribution in [1.29, 1.82) is 0 Å². The van der Waals surface area contributed by atoms with Gasteiger partial charge in [-0.25, -0.2) is 0 Å². The maximum Gasteiger partial charge on any atom is 0.270 e. The van der Waals surface area contributed by atoms with E-state index < -0.39 is 0 Å². The highest BCUT2D eigenvalue weighted by molar-refractivity contribution is 5.93. The molecule has 0 aliphatic rings. The van der Waals surface area contributed by atoms with Gasteiger partial charge in [0.2, 0.25) is 0 Å². The van der Waals surface area contributed by atoms with Gasteiger partial charge in [0.15, 0.2) is 0 Å². The number of carbonyl (C=O) groups is 1. The van der Waals surface area contributed by atoms with Crippen LogP contribution in [0.2, 0.25) is 0 Å². The summed E-state index contributed by atoms with van der Waals surface area (Å²) >= 11 is 0. The summed E-state index contributed by atoms with van der Waals surface area (Å²) in [6.07, 6.45) is 3.28. The van der Waals surface area contributed by atoms with Crippen LogP contribution in [0.5, 0.6) is 5.75 Å². The monoisotopic (exact) mass is 334 g/mol. The van der Waals surface area contributed by atoms with E-state index in [4.69, 9.17) is 4.74 Å². The van der Waals surface area contributed by atoms with E-state index in [1.54, 1.807) is 31.6 Å². The van der Waals surface area contributed by atoms with Crippen LogP contribution in [0.25, 0.3) is 0 Å². The van der Waals surface area contributed by atoms with Gasteiger partial charge in [0.25, 0.3) is 5.91 Å². The molecule has 0 atom stereocenters. The zero-order valence-electron chi connectivity index (χ0n) is 13.8. The SMILES string of the molecule is COc1ccccc1Nc1ccnc(C(=O)NCc2ccccn2)c1. The van der Waals surface area contributed by atoms with Crippen molar-refractivity contribution in [2.24, 2.45) is 0 Å². The number of hydrogen-bond donors (Lipinski definition) is 2. The van der Waals surface area contributed by atoms with Gasteiger partial charge >= 0.3 is 0 Å². The van der Waals surface area contributed by atoms with Gasteiger partial charge in [0, 0.05) is 18.1 Å². The van der Waals surface area contributed by atoms with Crippen molar-refractivity contribution in [3.63, 3.8) is 0 Å². The summed E-state index contributed by atoms with van der Waals surface area (Å²) in [5.41, 5.74) is 2.69. The zero-order valence-corrected chi connectivity index (χ0v) is 13.8. The first kappa shape index (κ1) is 16.4. The fourth-order valence-corrected chi connectivity index (χ4v) is 2.30. The van der Waals surface area contributed by atoms with E-state index in [1.165, 1.54) is 0 Å². The molecule has 2 N–H and O–H groups in total. The molecule has 0 bridgehead atoms. The molecule has 0 aliphatic carbocycles. The number of aromatic nitrogens is 2. The number of pyridine rings is 2. The maximum atomic E-state index is 12.3. The molecule has 0 radical (unpaired) electrons. The van der Waals surface area contributed by atoms with Crippen molar-refractivity contribution in [3.05, 3.63) is 78.4 Å². The Morgan fingerprint density at radius 3 is 2.68 bits per heavy atom. The van der Waals surface area contributed by atoms with Crippen LogP contribution in [0.1, 0.15) is 16.2 Å². The Bertz CT molecular complexity index is 853. The summed E-state index contributed by atoms with van der Waals surface area (Å²) in [5.74, 6) is 0.467. The number of nitrogens with one attached hydrogen (secondary N) is 2. The third-order valence-corrected chi connectivity index (χ3v) is 3.53. The molecule has 1 aromatic carbocycles. The summed E-state index contributed by atoms with van der Waals surface area (Å²) in [4.78, 5) is 20.6. The minimum Gasteiger partial charge on any atom is -0.495 e. The third-order valence-electron chi connectivity index (χ3n) is 3.53. The summed E-state index contributed by atoms with van der Waals surface area (Å²) in [6.45, 7) is 0.353. The van der Waals surface area contributed by atoms with Crippen LogP contribution in [0.3, 0.4) is 0 Å². The number of methoxy groups -OCH3 is 1. The van der Waals surface area contributed by atoms with E-state index in [0.717, 1.165) is 22.8 Å². The van der Waals surface area contributed by atoms with Crippen LogP contribution < -0.4 is 15.4 Å². The largest absolute Gasteiger partial charge is 0.495 e. The van der Waals surface area contributed by atoms with E-state index in [9.17, 15) is 4.79 Å². The number of ether oxygens (including phenoxy) is 1. The lowest BCUT2D eigenvalue weighted by atomic mass is 10.2. The molecule has 126 valence electrons. The number of amides is 1. The van der Waals surface area contributed by atoms with Crippen molar-refractivity contribution in [2.45, 2.75) is 6.54 Å². The molecule has 0 saturated carbocycles. The Kier molecular flexibility index (Phi) is 5.21. The van der Waals surface area contributed by atoms with Crippen LogP contribution in [0.15, 0.2) is 67.0 Å². The molecule has 0 spiro atoms. The molecule has 6 nitrogen and oxygen atoms in total. The lowest BCUT2D eigenvalue weighted by Crippen LogP contribution is -2.24. The van der Waals surface area contributed by atoms with E-state index in [2.05, 4.69) is 20.6 Å². The highest BCUT2D eigenvalue weighted by Gasteiger charge is 2.09. The first-order valence-corrected chi connectivity index (χ1v) is 7.80. The number of benzene rings is 1. The first-order valence-electron chi connectivity index (χ1n) is 7.80. The molecule has 3 aromatic rings. The molecule has 3 rings (SSSR count). The fraction of sp³-hybridized carbons (Fsp3) is 0.105. The van der Waals surface area contributed by atoms with Crippen LogP contribution in [-0.2, 0) is 6.54 Å². The van der Waals surface area contributed by atoms with Crippen LogP contribution in [-0.4, -0.2) is 23.0 Å². The molecule has 0 unspecified atom stereocenters. The number of carbonyl (C=O) groups excluding carboxylic acids is 1. The predicted molar refractivity (Wildman–Crippen MR) is 95.9 cm³/mol. The van der Waals surface area contributed by atoms with Crippen molar-refractivity contribution >= 4 is 17.3 Å². The first-order chi connectivity index (χ1) is 12.3. The number of rotatable bonds is 6. The Morgan fingerprint density at radius 1 is 1.04 bits per heavy atom. The summed E-state index contributed by atoms with van der Waals surface area (Å²) < 4.78 is 5.32. The van der Waals surface area contributed by atoms with E-state index in [-0.39, 0.29) is 5.91 Å². The molecule has 0 fully saturated rings. The molecule has 2 aromatic heterocycles. The van der Waals surface area contributed by atoms with E-state index >= 15 is 0 Å². The summed E-state index contributed by atoms with van der Waals surface area (Å²) in [7, 11) is 1.61. The highest BCUT2D eigenvalue weighted by atomic mass is 16.5. The van der Waals surface area contributed by atoms with E-state index in [1.807, 2.05) is 42.5 Å². The van der Waals surface area contributed by atoms with Crippen molar-refractivity contribution < 1.29 is 9.53 Å². The molecular weight excluding hydrogens is 316 g/mol. The van der Waals surface area contributed by atoms with Gasteiger partial charge in [0.05, 0.1) is 25.0 Å². The van der Waals surface area contributed by atoms with Crippen molar-refractivity contribution in [3.8, 4) is 5.75 Å².